The van der Waals surface area contributed by atoms with Gasteiger partial charge in [0.2, 0.25) is 0 Å². The lowest BCUT2D eigenvalue weighted by Crippen LogP contribution is -2.32. The molecule has 0 spiro atoms. The number of hydrogen-bond acceptors (Lipinski definition) is 4. The molecule has 156 valence electrons. The largest absolute Gasteiger partial charge is 0.350 e. The standard InChI is InChI=1S/C26H25N3O2/c1-16-6-8-21(19(4)13-16)23-24(28-22-14-17(2)5-7-18(22)3)26(31)29(25(23)30)15-20-9-11-27-12-10-20/h5-14,28H,15H2,1-4H3. The number of aryl methyl sites for hydroxylation is 4. The molecule has 4 rings (SSSR count). The van der Waals surface area contributed by atoms with Crippen molar-refractivity contribution in [2.45, 2.75) is 34.2 Å². The highest BCUT2D eigenvalue weighted by Crippen LogP contribution is 2.34. The number of rotatable bonds is 5. The third kappa shape index (κ3) is 3.99. The summed E-state index contributed by atoms with van der Waals surface area (Å²) >= 11 is 0. The third-order valence-corrected chi connectivity index (χ3v) is 5.56. The van der Waals surface area contributed by atoms with Gasteiger partial charge in [0.15, 0.2) is 0 Å². The molecule has 0 bridgehead atoms. The Hall–Kier alpha value is -3.73. The Labute approximate surface area is 182 Å². The van der Waals surface area contributed by atoms with Crippen molar-refractivity contribution in [3.05, 3.63) is 100 Å². The van der Waals surface area contributed by atoms with Crippen LogP contribution in [0.25, 0.3) is 5.57 Å². The fraction of sp³-hybridized carbons (Fsp3) is 0.192. The summed E-state index contributed by atoms with van der Waals surface area (Å²) in [7, 11) is 0. The molecule has 1 aliphatic heterocycles. The summed E-state index contributed by atoms with van der Waals surface area (Å²) in [4.78, 5) is 32.3. The maximum Gasteiger partial charge on any atom is 0.278 e. The monoisotopic (exact) mass is 411 g/mol. The molecular formula is C26H25N3O2. The van der Waals surface area contributed by atoms with E-state index >= 15 is 0 Å². The molecule has 1 aliphatic rings. The number of imide groups is 1. The Kier molecular flexibility index (Phi) is 5.42. The first-order valence-electron chi connectivity index (χ1n) is 10.3. The van der Waals surface area contributed by atoms with Gasteiger partial charge in [-0.3, -0.25) is 19.5 Å². The zero-order chi connectivity index (χ0) is 22.1. The minimum atomic E-state index is -0.322. The molecule has 5 nitrogen and oxygen atoms in total. The molecule has 2 amide bonds. The molecule has 0 radical (unpaired) electrons. The molecular weight excluding hydrogens is 386 g/mol. The van der Waals surface area contributed by atoms with Gasteiger partial charge < -0.3 is 5.32 Å². The van der Waals surface area contributed by atoms with Crippen LogP contribution >= 0.6 is 0 Å². The molecule has 0 saturated heterocycles. The van der Waals surface area contributed by atoms with E-state index in [1.54, 1.807) is 12.4 Å². The number of carbonyl (C=O) groups is 2. The summed E-state index contributed by atoms with van der Waals surface area (Å²) in [5.74, 6) is -0.612. The van der Waals surface area contributed by atoms with Crippen molar-refractivity contribution in [2.24, 2.45) is 0 Å². The van der Waals surface area contributed by atoms with E-state index in [9.17, 15) is 9.59 Å². The quantitative estimate of drug-likeness (QED) is 0.618. The summed E-state index contributed by atoms with van der Waals surface area (Å²) in [5.41, 5.74) is 7.33. The van der Waals surface area contributed by atoms with Crippen molar-refractivity contribution >= 4 is 23.1 Å². The van der Waals surface area contributed by atoms with Gasteiger partial charge >= 0.3 is 0 Å². The van der Waals surface area contributed by atoms with Crippen LogP contribution in [0.3, 0.4) is 0 Å². The van der Waals surface area contributed by atoms with Crippen LogP contribution < -0.4 is 5.32 Å². The van der Waals surface area contributed by atoms with Crippen LogP contribution in [0.2, 0.25) is 0 Å². The highest BCUT2D eigenvalue weighted by molar-refractivity contribution is 6.36. The van der Waals surface area contributed by atoms with Gasteiger partial charge in [-0.2, -0.15) is 0 Å². The predicted molar refractivity (Wildman–Crippen MR) is 122 cm³/mol. The number of carbonyl (C=O) groups excluding carboxylic acids is 2. The number of nitrogens with zero attached hydrogens (tertiary/aromatic N) is 2. The maximum atomic E-state index is 13.5. The minimum absolute atomic E-state index is 0.201. The minimum Gasteiger partial charge on any atom is -0.350 e. The van der Waals surface area contributed by atoms with Crippen molar-refractivity contribution in [1.29, 1.82) is 0 Å². The van der Waals surface area contributed by atoms with Gasteiger partial charge in [0.25, 0.3) is 11.8 Å². The second-order valence-electron chi connectivity index (χ2n) is 8.06. The molecule has 1 N–H and O–H groups in total. The van der Waals surface area contributed by atoms with E-state index in [2.05, 4.69) is 10.3 Å². The topological polar surface area (TPSA) is 62.3 Å². The molecule has 5 heteroatoms. The van der Waals surface area contributed by atoms with E-state index in [1.165, 1.54) is 4.90 Å². The molecule has 0 atom stereocenters. The number of benzene rings is 2. The van der Waals surface area contributed by atoms with Gasteiger partial charge in [0.05, 0.1) is 12.1 Å². The molecule has 0 fully saturated rings. The van der Waals surface area contributed by atoms with E-state index in [-0.39, 0.29) is 18.4 Å². The first-order chi connectivity index (χ1) is 14.8. The number of nitrogens with one attached hydrogen (secondary N) is 1. The summed E-state index contributed by atoms with van der Waals surface area (Å²) in [5, 5.41) is 3.29. The number of hydrogen-bond donors (Lipinski definition) is 1. The fourth-order valence-corrected chi connectivity index (χ4v) is 3.86. The summed E-state index contributed by atoms with van der Waals surface area (Å²) < 4.78 is 0. The van der Waals surface area contributed by atoms with E-state index in [1.807, 2.05) is 76.2 Å². The predicted octanol–water partition coefficient (Wildman–Crippen LogP) is 4.71. The lowest BCUT2D eigenvalue weighted by atomic mass is 9.97. The van der Waals surface area contributed by atoms with Gasteiger partial charge in [-0.05, 0) is 73.7 Å². The molecule has 31 heavy (non-hydrogen) atoms. The summed E-state index contributed by atoms with van der Waals surface area (Å²) in [6.45, 7) is 8.16. The number of aromatic nitrogens is 1. The van der Waals surface area contributed by atoms with Gasteiger partial charge in [-0.1, -0.05) is 35.9 Å². The van der Waals surface area contributed by atoms with Crippen molar-refractivity contribution in [2.75, 3.05) is 5.32 Å². The third-order valence-electron chi connectivity index (χ3n) is 5.56. The maximum absolute atomic E-state index is 13.5. The van der Waals surface area contributed by atoms with E-state index in [0.29, 0.717) is 11.3 Å². The number of anilines is 1. The Morgan fingerprint density at radius 3 is 2.19 bits per heavy atom. The van der Waals surface area contributed by atoms with Crippen LogP contribution in [-0.4, -0.2) is 21.7 Å². The first kappa shape index (κ1) is 20.5. The first-order valence-corrected chi connectivity index (χ1v) is 10.3. The highest BCUT2D eigenvalue weighted by atomic mass is 16.2. The zero-order valence-corrected chi connectivity index (χ0v) is 18.2. The van der Waals surface area contributed by atoms with Crippen LogP contribution in [0, 0.1) is 27.7 Å². The van der Waals surface area contributed by atoms with Crippen molar-refractivity contribution in [3.8, 4) is 0 Å². The van der Waals surface area contributed by atoms with Gasteiger partial charge in [-0.25, -0.2) is 0 Å². The molecule has 2 heterocycles. The number of pyridine rings is 1. The van der Waals surface area contributed by atoms with E-state index in [4.69, 9.17) is 0 Å². The lowest BCUT2D eigenvalue weighted by molar-refractivity contribution is -0.137. The van der Waals surface area contributed by atoms with Crippen LogP contribution in [0.4, 0.5) is 5.69 Å². The molecule has 1 aromatic heterocycles. The summed E-state index contributed by atoms with van der Waals surface area (Å²) in [6, 6.07) is 15.6. The van der Waals surface area contributed by atoms with Crippen LogP contribution in [0.15, 0.2) is 66.6 Å². The second-order valence-corrected chi connectivity index (χ2v) is 8.06. The Balaban J connectivity index is 1.81. The van der Waals surface area contributed by atoms with Crippen molar-refractivity contribution < 1.29 is 9.59 Å². The van der Waals surface area contributed by atoms with E-state index in [0.717, 1.165) is 39.1 Å². The van der Waals surface area contributed by atoms with Crippen LogP contribution in [-0.2, 0) is 16.1 Å². The van der Waals surface area contributed by atoms with Crippen molar-refractivity contribution in [3.63, 3.8) is 0 Å². The SMILES string of the molecule is Cc1ccc(C2=C(Nc3cc(C)ccc3C)C(=O)N(Cc3ccncc3)C2=O)c(C)c1. The molecule has 0 aliphatic carbocycles. The van der Waals surface area contributed by atoms with Crippen molar-refractivity contribution in [1.82, 2.24) is 9.88 Å². The number of amides is 2. The normalized spacial score (nSPS) is 13.9. The average molecular weight is 412 g/mol. The Morgan fingerprint density at radius 2 is 1.48 bits per heavy atom. The van der Waals surface area contributed by atoms with Gasteiger partial charge in [0, 0.05) is 18.1 Å². The van der Waals surface area contributed by atoms with Gasteiger partial charge in [-0.15, -0.1) is 0 Å². The highest BCUT2D eigenvalue weighted by Gasteiger charge is 2.39. The summed E-state index contributed by atoms with van der Waals surface area (Å²) in [6.07, 6.45) is 3.32. The van der Waals surface area contributed by atoms with E-state index < -0.39 is 0 Å². The second kappa shape index (κ2) is 8.19. The smallest absolute Gasteiger partial charge is 0.278 e. The fourth-order valence-electron chi connectivity index (χ4n) is 3.86. The molecule has 3 aromatic rings. The molecule has 0 saturated carbocycles. The Morgan fingerprint density at radius 1 is 0.806 bits per heavy atom. The average Bonchev–Trinajstić information content (AvgIpc) is 2.96. The lowest BCUT2D eigenvalue weighted by Gasteiger charge is -2.16. The molecule has 0 unspecified atom stereocenters. The van der Waals surface area contributed by atoms with Gasteiger partial charge in [0.1, 0.15) is 5.70 Å². The van der Waals surface area contributed by atoms with Crippen LogP contribution in [0.5, 0.6) is 0 Å². The van der Waals surface area contributed by atoms with Crippen LogP contribution in [0.1, 0.15) is 33.4 Å². The Bertz CT molecular complexity index is 1210. The molecule has 2 aromatic carbocycles. The zero-order valence-electron chi connectivity index (χ0n) is 18.2.